The molecule has 0 bridgehead atoms. The van der Waals surface area contributed by atoms with Gasteiger partial charge in [-0.25, -0.2) is 0 Å². The van der Waals surface area contributed by atoms with E-state index in [1.807, 2.05) is 26.2 Å². The maximum Gasteiger partial charge on any atom is 0.138 e. The highest BCUT2D eigenvalue weighted by Crippen LogP contribution is 2.12. The largest absolute Gasteiger partial charge is 0.492 e. The fourth-order valence-electron chi connectivity index (χ4n) is 1.30. The van der Waals surface area contributed by atoms with Crippen LogP contribution in [0.3, 0.4) is 0 Å². The number of pyridine rings is 1. The van der Waals surface area contributed by atoms with Crippen molar-refractivity contribution in [1.82, 2.24) is 10.3 Å². The second-order valence-electron chi connectivity index (χ2n) is 3.71. The molecule has 0 spiro atoms. The monoisotopic (exact) mass is 220 g/mol. The molecule has 1 aromatic heterocycles. The lowest BCUT2D eigenvalue weighted by molar-refractivity contribution is 0.339. The zero-order chi connectivity index (χ0) is 11.8. The summed E-state index contributed by atoms with van der Waals surface area (Å²) in [5.74, 6) is 0.825. The summed E-state index contributed by atoms with van der Waals surface area (Å²) in [4.78, 5) is 4.13. The van der Waals surface area contributed by atoms with Gasteiger partial charge in [-0.1, -0.05) is 12.2 Å². The number of hydrogen-bond acceptors (Lipinski definition) is 3. The molecule has 0 fully saturated rings. The van der Waals surface area contributed by atoms with Crippen LogP contribution in [0.4, 0.5) is 0 Å². The smallest absolute Gasteiger partial charge is 0.138 e. The average Bonchev–Trinajstić information content (AvgIpc) is 2.30. The minimum absolute atomic E-state index is 0.499. The van der Waals surface area contributed by atoms with Gasteiger partial charge in [0.15, 0.2) is 0 Å². The first-order valence-corrected chi connectivity index (χ1v) is 5.68. The Bertz CT molecular complexity index is 336. The topological polar surface area (TPSA) is 34.1 Å². The van der Waals surface area contributed by atoms with Crippen molar-refractivity contribution in [2.75, 3.05) is 13.7 Å². The van der Waals surface area contributed by atoms with Gasteiger partial charge in [-0.15, -0.1) is 0 Å². The van der Waals surface area contributed by atoms with E-state index in [1.54, 1.807) is 6.20 Å². The fourth-order valence-corrected chi connectivity index (χ4v) is 1.30. The van der Waals surface area contributed by atoms with Gasteiger partial charge in [0.25, 0.3) is 0 Å². The second kappa shape index (κ2) is 7.01. The summed E-state index contributed by atoms with van der Waals surface area (Å²) in [5, 5.41) is 3.19. The van der Waals surface area contributed by atoms with Crippen molar-refractivity contribution in [1.29, 1.82) is 0 Å². The summed E-state index contributed by atoms with van der Waals surface area (Å²) in [5.41, 5.74) is 1.08. The molecule has 0 aliphatic heterocycles. The summed E-state index contributed by atoms with van der Waals surface area (Å²) >= 11 is 0. The third-order valence-corrected chi connectivity index (χ3v) is 2.34. The summed E-state index contributed by atoms with van der Waals surface area (Å²) in [6.07, 6.45) is 8.80. The van der Waals surface area contributed by atoms with E-state index in [0.29, 0.717) is 12.6 Å². The number of aromatic nitrogens is 1. The van der Waals surface area contributed by atoms with E-state index in [9.17, 15) is 0 Å². The Labute approximate surface area is 97.5 Å². The van der Waals surface area contributed by atoms with Crippen LogP contribution in [0.5, 0.6) is 5.75 Å². The Hall–Kier alpha value is -1.35. The molecule has 0 unspecified atom stereocenters. The van der Waals surface area contributed by atoms with Crippen LogP contribution in [0, 0.1) is 0 Å². The molecule has 16 heavy (non-hydrogen) atoms. The third kappa shape index (κ3) is 4.45. The molecule has 0 radical (unpaired) electrons. The highest BCUT2D eigenvalue weighted by molar-refractivity contribution is 5.49. The van der Waals surface area contributed by atoms with Gasteiger partial charge < -0.3 is 10.1 Å². The normalized spacial score (nSPS) is 12.9. The molecule has 3 heteroatoms. The minimum Gasteiger partial charge on any atom is -0.492 e. The molecule has 1 N–H and O–H groups in total. The summed E-state index contributed by atoms with van der Waals surface area (Å²) in [6.45, 7) is 4.79. The van der Waals surface area contributed by atoms with Crippen LogP contribution >= 0.6 is 0 Å². The Morgan fingerprint density at radius 2 is 2.31 bits per heavy atom. The molecule has 1 aromatic rings. The van der Waals surface area contributed by atoms with Gasteiger partial charge in [0.05, 0.1) is 12.8 Å². The number of nitrogens with zero attached hydrogens (tertiary/aromatic N) is 1. The van der Waals surface area contributed by atoms with Crippen LogP contribution in [0.15, 0.2) is 24.5 Å². The molecule has 3 nitrogen and oxygen atoms in total. The van der Waals surface area contributed by atoms with Crippen molar-refractivity contribution < 1.29 is 4.74 Å². The molecule has 0 amide bonds. The predicted octanol–water partition coefficient (Wildman–Crippen LogP) is 2.49. The first kappa shape index (κ1) is 12.7. The van der Waals surface area contributed by atoms with Crippen molar-refractivity contribution in [2.45, 2.75) is 26.3 Å². The van der Waals surface area contributed by atoms with Gasteiger partial charge >= 0.3 is 0 Å². The Balaban J connectivity index is 2.55. The van der Waals surface area contributed by atoms with E-state index in [2.05, 4.69) is 29.4 Å². The minimum atomic E-state index is 0.499. The standard InChI is InChI=1S/C13H20N2O/c1-4-16-13-8-12(9-15-10-13)7-5-6-11(2)14-3/h5,7-11,14H,4,6H2,1-3H3/b7-5+/t11-/m0/s1. The fraction of sp³-hybridized carbons (Fsp3) is 0.462. The lowest BCUT2D eigenvalue weighted by atomic mass is 10.2. The molecule has 1 rings (SSSR count). The van der Waals surface area contributed by atoms with Crippen LogP contribution in [0.1, 0.15) is 25.8 Å². The molecule has 0 aliphatic rings. The highest BCUT2D eigenvalue weighted by atomic mass is 16.5. The van der Waals surface area contributed by atoms with Crippen LogP contribution in [0.2, 0.25) is 0 Å². The average molecular weight is 220 g/mol. The summed E-state index contributed by atoms with van der Waals surface area (Å²) < 4.78 is 5.39. The highest BCUT2D eigenvalue weighted by Gasteiger charge is 1.95. The van der Waals surface area contributed by atoms with Crippen molar-refractivity contribution >= 4 is 6.08 Å². The SMILES string of the molecule is CCOc1cncc(/C=C/C[C@H](C)NC)c1. The lowest BCUT2D eigenvalue weighted by Gasteiger charge is -2.05. The van der Waals surface area contributed by atoms with Crippen molar-refractivity contribution in [3.05, 3.63) is 30.1 Å². The van der Waals surface area contributed by atoms with E-state index >= 15 is 0 Å². The van der Waals surface area contributed by atoms with E-state index in [4.69, 9.17) is 4.74 Å². The zero-order valence-electron chi connectivity index (χ0n) is 10.2. The van der Waals surface area contributed by atoms with E-state index in [-0.39, 0.29) is 0 Å². The molecule has 0 aliphatic carbocycles. The molecule has 88 valence electrons. The first-order chi connectivity index (χ1) is 7.76. The number of nitrogens with one attached hydrogen (secondary N) is 1. The van der Waals surface area contributed by atoms with E-state index in [1.165, 1.54) is 0 Å². The second-order valence-corrected chi connectivity index (χ2v) is 3.71. The molecule has 1 heterocycles. The van der Waals surface area contributed by atoms with E-state index in [0.717, 1.165) is 17.7 Å². The summed E-state index contributed by atoms with van der Waals surface area (Å²) in [6, 6.07) is 2.50. The first-order valence-electron chi connectivity index (χ1n) is 5.68. The van der Waals surface area contributed by atoms with Gasteiger partial charge in [-0.2, -0.15) is 0 Å². The maximum atomic E-state index is 5.39. The molecular weight excluding hydrogens is 200 g/mol. The van der Waals surface area contributed by atoms with Crippen molar-refractivity contribution in [2.24, 2.45) is 0 Å². The van der Waals surface area contributed by atoms with Gasteiger partial charge in [0.1, 0.15) is 5.75 Å². The van der Waals surface area contributed by atoms with Crippen LogP contribution in [-0.2, 0) is 0 Å². The molecular formula is C13H20N2O. The molecule has 0 saturated carbocycles. The maximum absolute atomic E-state index is 5.39. The van der Waals surface area contributed by atoms with Gasteiger partial charge in [0, 0.05) is 12.2 Å². The number of ether oxygens (including phenoxy) is 1. The Morgan fingerprint density at radius 1 is 1.50 bits per heavy atom. The van der Waals surface area contributed by atoms with Crippen LogP contribution in [0.25, 0.3) is 6.08 Å². The number of hydrogen-bond donors (Lipinski definition) is 1. The van der Waals surface area contributed by atoms with E-state index < -0.39 is 0 Å². The zero-order valence-corrected chi connectivity index (χ0v) is 10.2. The van der Waals surface area contributed by atoms with Crippen molar-refractivity contribution in [3.63, 3.8) is 0 Å². The van der Waals surface area contributed by atoms with Gasteiger partial charge in [-0.05, 0) is 38.9 Å². The van der Waals surface area contributed by atoms with Gasteiger partial charge in [-0.3, -0.25) is 4.98 Å². The van der Waals surface area contributed by atoms with Crippen molar-refractivity contribution in [3.8, 4) is 5.75 Å². The number of rotatable bonds is 6. The third-order valence-electron chi connectivity index (χ3n) is 2.34. The lowest BCUT2D eigenvalue weighted by Crippen LogP contribution is -2.19. The Morgan fingerprint density at radius 3 is 3.00 bits per heavy atom. The molecule has 1 atom stereocenters. The molecule has 0 aromatic carbocycles. The quantitative estimate of drug-likeness (QED) is 0.799. The summed E-state index contributed by atoms with van der Waals surface area (Å²) in [7, 11) is 1.97. The molecule has 0 saturated heterocycles. The van der Waals surface area contributed by atoms with Crippen LogP contribution < -0.4 is 10.1 Å². The van der Waals surface area contributed by atoms with Crippen LogP contribution in [-0.4, -0.2) is 24.7 Å². The van der Waals surface area contributed by atoms with Gasteiger partial charge in [0.2, 0.25) is 0 Å². The Kier molecular flexibility index (Phi) is 5.57. The predicted molar refractivity (Wildman–Crippen MR) is 67.6 cm³/mol.